The first kappa shape index (κ1) is 13.9. The van der Waals surface area contributed by atoms with E-state index in [-0.39, 0.29) is 23.2 Å². The van der Waals surface area contributed by atoms with Crippen molar-refractivity contribution in [3.8, 4) is 0 Å². The lowest BCUT2D eigenvalue weighted by atomic mass is 9.68. The van der Waals surface area contributed by atoms with Crippen molar-refractivity contribution in [1.29, 1.82) is 0 Å². The van der Waals surface area contributed by atoms with Gasteiger partial charge in [0.05, 0.1) is 27.7 Å². The summed E-state index contributed by atoms with van der Waals surface area (Å²) in [5, 5.41) is 5.38. The Bertz CT molecular complexity index is 610. The van der Waals surface area contributed by atoms with Crippen LogP contribution in [0.5, 0.6) is 0 Å². The maximum atomic E-state index is 12.4. The zero-order chi connectivity index (χ0) is 14.5. The molecule has 0 bridgehead atoms. The molecule has 1 aromatic carbocycles. The third-order valence-corrected chi connectivity index (χ3v) is 4.77. The van der Waals surface area contributed by atoms with Crippen molar-refractivity contribution in [2.45, 2.75) is 32.7 Å². The van der Waals surface area contributed by atoms with Crippen LogP contribution in [0.1, 0.15) is 32.3 Å². The van der Waals surface area contributed by atoms with Crippen LogP contribution < -0.4 is 5.43 Å². The topological polar surface area (TPSA) is 41.5 Å². The average Bonchev–Trinajstić information content (AvgIpc) is 2.75. The van der Waals surface area contributed by atoms with Crippen LogP contribution in [0, 0.1) is 11.3 Å². The Labute approximate surface area is 128 Å². The number of carbonyl (C=O) groups excluding carboxylic acids is 1. The van der Waals surface area contributed by atoms with Crippen LogP contribution in [0.25, 0.3) is 0 Å². The van der Waals surface area contributed by atoms with E-state index >= 15 is 0 Å². The number of hydrogen-bond acceptors (Lipinski definition) is 3. The highest BCUT2D eigenvalue weighted by molar-refractivity contribution is 6.42. The minimum absolute atomic E-state index is 0.0356. The Morgan fingerprint density at radius 1 is 1.30 bits per heavy atom. The lowest BCUT2D eigenvalue weighted by Gasteiger charge is -2.36. The molecule has 1 aliphatic heterocycles. The number of benzene rings is 1. The van der Waals surface area contributed by atoms with E-state index < -0.39 is 0 Å². The monoisotopic (exact) mass is 310 g/mol. The van der Waals surface area contributed by atoms with Gasteiger partial charge in [0.1, 0.15) is 5.78 Å². The van der Waals surface area contributed by atoms with Gasteiger partial charge in [0.15, 0.2) is 0 Å². The molecule has 3 nitrogen and oxygen atoms in total. The van der Waals surface area contributed by atoms with Crippen LogP contribution in [0.3, 0.4) is 0 Å². The maximum Gasteiger partial charge on any atom is 0.144 e. The molecular formula is C15H16Cl2N2O. The molecule has 2 aliphatic rings. The van der Waals surface area contributed by atoms with Crippen molar-refractivity contribution in [2.75, 3.05) is 0 Å². The molecule has 2 atom stereocenters. The van der Waals surface area contributed by atoms with Gasteiger partial charge in [-0.3, -0.25) is 4.79 Å². The van der Waals surface area contributed by atoms with Crippen LogP contribution in [0.4, 0.5) is 0 Å². The summed E-state index contributed by atoms with van der Waals surface area (Å²) in [6.45, 7) is 4.25. The summed E-state index contributed by atoms with van der Waals surface area (Å²) in [7, 11) is 0. The molecule has 1 fully saturated rings. The van der Waals surface area contributed by atoms with Gasteiger partial charge < -0.3 is 5.43 Å². The maximum absolute atomic E-state index is 12.4. The van der Waals surface area contributed by atoms with Gasteiger partial charge in [-0.25, -0.2) is 0 Å². The van der Waals surface area contributed by atoms with Crippen molar-refractivity contribution in [1.82, 2.24) is 5.43 Å². The van der Waals surface area contributed by atoms with Crippen LogP contribution >= 0.6 is 23.2 Å². The van der Waals surface area contributed by atoms with Crippen LogP contribution in [-0.4, -0.2) is 17.5 Å². The van der Waals surface area contributed by atoms with Gasteiger partial charge in [-0.05, 0) is 24.0 Å². The van der Waals surface area contributed by atoms with Gasteiger partial charge >= 0.3 is 0 Å². The number of ketones is 1. The zero-order valence-electron chi connectivity index (χ0n) is 11.4. The second-order valence-corrected chi connectivity index (χ2v) is 7.17. The van der Waals surface area contributed by atoms with Crippen molar-refractivity contribution in [3.05, 3.63) is 33.8 Å². The van der Waals surface area contributed by atoms with Crippen LogP contribution in [0.15, 0.2) is 23.3 Å². The Kier molecular flexibility index (Phi) is 3.30. The quantitative estimate of drug-likeness (QED) is 0.859. The van der Waals surface area contributed by atoms with E-state index in [2.05, 4.69) is 24.4 Å². The lowest BCUT2D eigenvalue weighted by Crippen LogP contribution is -2.45. The third kappa shape index (κ3) is 2.33. The summed E-state index contributed by atoms with van der Waals surface area (Å²) in [5.41, 5.74) is 4.81. The van der Waals surface area contributed by atoms with Crippen molar-refractivity contribution < 1.29 is 4.79 Å². The number of halogens is 2. The SMILES string of the molecule is CC1(C)CC(=O)[C@H]2C(c3ccc(Cl)c(Cl)c3)=NN[C@@H]2C1. The molecule has 0 unspecified atom stereocenters. The Morgan fingerprint density at radius 2 is 2.05 bits per heavy atom. The first-order chi connectivity index (χ1) is 9.37. The van der Waals surface area contributed by atoms with Crippen molar-refractivity contribution in [2.24, 2.45) is 16.4 Å². The number of Topliss-reactive ketones (excluding diaryl/α,β-unsaturated/α-hetero) is 1. The molecule has 1 aliphatic carbocycles. The van der Waals surface area contributed by atoms with Gasteiger partial charge in [-0.1, -0.05) is 43.1 Å². The van der Waals surface area contributed by atoms with Crippen molar-refractivity contribution in [3.63, 3.8) is 0 Å². The standard InChI is InChI=1S/C15H16Cl2N2O/c1-15(2)6-11-13(12(20)7-15)14(19-18-11)8-3-4-9(16)10(17)5-8/h3-5,11,13,18H,6-7H2,1-2H3/t11-,13+/m1/s1. The van der Waals surface area contributed by atoms with Gasteiger partial charge in [0.25, 0.3) is 0 Å². The highest BCUT2D eigenvalue weighted by Crippen LogP contribution is 2.40. The zero-order valence-corrected chi connectivity index (χ0v) is 12.9. The predicted octanol–water partition coefficient (Wildman–Crippen LogP) is 3.67. The first-order valence-electron chi connectivity index (χ1n) is 6.69. The highest BCUT2D eigenvalue weighted by Gasteiger charge is 2.46. The molecule has 106 valence electrons. The van der Waals surface area contributed by atoms with E-state index in [9.17, 15) is 4.79 Å². The van der Waals surface area contributed by atoms with E-state index in [1.54, 1.807) is 12.1 Å². The molecule has 0 amide bonds. The minimum Gasteiger partial charge on any atom is -0.306 e. The van der Waals surface area contributed by atoms with E-state index in [1.807, 2.05) is 6.07 Å². The van der Waals surface area contributed by atoms with E-state index in [0.29, 0.717) is 16.5 Å². The minimum atomic E-state index is -0.166. The molecule has 1 N–H and O–H groups in total. The molecule has 20 heavy (non-hydrogen) atoms. The second-order valence-electron chi connectivity index (χ2n) is 6.35. The van der Waals surface area contributed by atoms with Crippen LogP contribution in [-0.2, 0) is 4.79 Å². The fourth-order valence-electron chi connectivity index (χ4n) is 3.18. The van der Waals surface area contributed by atoms with Crippen molar-refractivity contribution >= 4 is 34.7 Å². The van der Waals surface area contributed by atoms with E-state index in [1.165, 1.54) is 0 Å². The molecule has 0 aromatic heterocycles. The first-order valence-corrected chi connectivity index (χ1v) is 7.44. The number of hydrazone groups is 1. The summed E-state index contributed by atoms with van der Waals surface area (Å²) in [6.07, 6.45) is 1.54. The molecule has 3 rings (SSSR count). The molecule has 1 saturated carbocycles. The van der Waals surface area contributed by atoms with E-state index in [0.717, 1.165) is 17.7 Å². The molecular weight excluding hydrogens is 295 g/mol. The molecule has 0 spiro atoms. The molecule has 0 radical (unpaired) electrons. The Morgan fingerprint density at radius 3 is 2.75 bits per heavy atom. The molecule has 0 saturated heterocycles. The van der Waals surface area contributed by atoms with Gasteiger partial charge in [-0.2, -0.15) is 5.10 Å². The smallest absolute Gasteiger partial charge is 0.144 e. The normalized spacial score (nSPS) is 27.8. The third-order valence-electron chi connectivity index (χ3n) is 4.04. The van der Waals surface area contributed by atoms with Crippen LogP contribution in [0.2, 0.25) is 10.0 Å². The van der Waals surface area contributed by atoms with E-state index in [4.69, 9.17) is 23.2 Å². The Balaban J connectivity index is 1.93. The van der Waals surface area contributed by atoms with Gasteiger partial charge in [0, 0.05) is 12.0 Å². The highest BCUT2D eigenvalue weighted by atomic mass is 35.5. The number of nitrogens with one attached hydrogen (secondary N) is 1. The molecule has 5 heteroatoms. The predicted molar refractivity (Wildman–Crippen MR) is 81.4 cm³/mol. The molecule has 1 heterocycles. The number of carbonyl (C=O) groups is 1. The summed E-state index contributed by atoms with van der Waals surface area (Å²) in [4.78, 5) is 12.4. The summed E-state index contributed by atoms with van der Waals surface area (Å²) in [5.74, 6) is 0.0846. The lowest BCUT2D eigenvalue weighted by molar-refractivity contribution is -0.126. The summed E-state index contributed by atoms with van der Waals surface area (Å²) >= 11 is 12.0. The Hall–Kier alpha value is -1.06. The van der Waals surface area contributed by atoms with Gasteiger partial charge in [0.2, 0.25) is 0 Å². The van der Waals surface area contributed by atoms with Gasteiger partial charge in [-0.15, -0.1) is 0 Å². The second kappa shape index (κ2) is 4.74. The fraction of sp³-hybridized carbons (Fsp3) is 0.467. The number of nitrogens with zero attached hydrogens (tertiary/aromatic N) is 1. The fourth-order valence-corrected chi connectivity index (χ4v) is 3.47. The summed E-state index contributed by atoms with van der Waals surface area (Å²) in [6, 6.07) is 5.48. The summed E-state index contributed by atoms with van der Waals surface area (Å²) < 4.78 is 0. The number of rotatable bonds is 1. The number of hydrogen-bond donors (Lipinski definition) is 1. The average molecular weight is 311 g/mol. The largest absolute Gasteiger partial charge is 0.306 e. The molecule has 1 aromatic rings. The number of fused-ring (bicyclic) bond motifs is 1.